The molecule has 1 aromatic carbocycles. The highest BCUT2D eigenvalue weighted by Crippen LogP contribution is 2.35. The molecule has 0 radical (unpaired) electrons. The molecule has 3 rings (SSSR count). The topological polar surface area (TPSA) is 69.1 Å². The smallest absolute Gasteiger partial charge is 0.284 e. The molecular weight excluding hydrogens is 380 g/mol. The van der Waals surface area contributed by atoms with Crippen LogP contribution in [0.4, 0.5) is 0 Å². The van der Waals surface area contributed by atoms with Crippen molar-refractivity contribution in [1.82, 2.24) is 10.2 Å². The zero-order valence-corrected chi connectivity index (χ0v) is 13.4. The number of aromatic nitrogens is 2. The average molecular weight is 386 g/mol. The number of carbonyl (C=O) groups is 1. The van der Waals surface area contributed by atoms with E-state index >= 15 is 0 Å². The molecular formula is C13H6BrClN2O3S. The first-order valence-corrected chi connectivity index (χ1v) is 7.66. The number of carbonyl (C=O) groups excluding carboxylic acids is 1. The van der Waals surface area contributed by atoms with Crippen LogP contribution in [0.2, 0.25) is 5.02 Å². The van der Waals surface area contributed by atoms with Crippen molar-refractivity contribution in [2.45, 2.75) is 10.3 Å². The minimum absolute atomic E-state index is 0.224. The van der Waals surface area contributed by atoms with Crippen molar-refractivity contribution in [3.8, 4) is 11.5 Å². The van der Waals surface area contributed by atoms with Gasteiger partial charge in [0.1, 0.15) is 0 Å². The summed E-state index contributed by atoms with van der Waals surface area (Å²) in [6.07, 6.45) is 0.627. The van der Waals surface area contributed by atoms with Gasteiger partial charge in [0.05, 0.1) is 4.47 Å². The molecule has 0 saturated heterocycles. The Morgan fingerprint density at radius 1 is 1.19 bits per heavy atom. The Morgan fingerprint density at radius 2 is 1.95 bits per heavy atom. The van der Waals surface area contributed by atoms with Crippen LogP contribution in [-0.2, 0) is 0 Å². The number of hydrogen-bond acceptors (Lipinski definition) is 6. The summed E-state index contributed by atoms with van der Waals surface area (Å²) in [4.78, 5) is 10.7. The minimum Gasteiger partial charge on any atom is -0.445 e. The third-order valence-corrected chi connectivity index (χ3v) is 4.40. The molecule has 106 valence electrons. The molecule has 2 heterocycles. The standard InChI is InChI=1S/C13H6BrClN2O3S/c14-10-5-9(6-18)19-12(10)21-13-17-16-11(20-13)7-1-3-8(15)4-2-7/h1-6H. The minimum atomic E-state index is 0.224. The number of benzene rings is 1. The maximum absolute atomic E-state index is 10.7. The maximum Gasteiger partial charge on any atom is 0.284 e. The lowest BCUT2D eigenvalue weighted by atomic mass is 10.2. The summed E-state index contributed by atoms with van der Waals surface area (Å²) in [5.74, 6) is 0.606. The van der Waals surface area contributed by atoms with E-state index in [1.807, 2.05) is 0 Å². The fraction of sp³-hybridized carbons (Fsp3) is 0. The second-order valence-electron chi connectivity index (χ2n) is 3.88. The van der Waals surface area contributed by atoms with Crippen molar-refractivity contribution >= 4 is 45.6 Å². The molecule has 21 heavy (non-hydrogen) atoms. The lowest BCUT2D eigenvalue weighted by Crippen LogP contribution is -1.76. The fourth-order valence-corrected chi connectivity index (χ4v) is 2.87. The van der Waals surface area contributed by atoms with E-state index in [4.69, 9.17) is 20.4 Å². The third kappa shape index (κ3) is 3.20. The lowest BCUT2D eigenvalue weighted by Gasteiger charge is -1.94. The number of rotatable bonds is 4. The van der Waals surface area contributed by atoms with E-state index in [1.54, 1.807) is 30.3 Å². The molecule has 0 saturated carbocycles. The van der Waals surface area contributed by atoms with Crippen LogP contribution in [0.25, 0.3) is 11.5 Å². The molecule has 2 aromatic heterocycles. The summed E-state index contributed by atoms with van der Waals surface area (Å²) in [5, 5.41) is 9.31. The van der Waals surface area contributed by atoms with Gasteiger partial charge in [0.15, 0.2) is 17.1 Å². The molecule has 0 atom stereocenters. The van der Waals surface area contributed by atoms with Gasteiger partial charge in [-0.3, -0.25) is 4.79 Å². The van der Waals surface area contributed by atoms with Crippen LogP contribution in [0, 0.1) is 0 Å². The Balaban J connectivity index is 1.83. The van der Waals surface area contributed by atoms with Gasteiger partial charge in [0.2, 0.25) is 5.89 Å². The molecule has 0 aliphatic carbocycles. The molecule has 3 aromatic rings. The molecule has 0 aliphatic rings. The van der Waals surface area contributed by atoms with E-state index in [1.165, 1.54) is 0 Å². The molecule has 8 heteroatoms. The van der Waals surface area contributed by atoms with Crippen molar-refractivity contribution in [1.29, 1.82) is 0 Å². The predicted octanol–water partition coefficient (Wildman–Crippen LogP) is 4.71. The first-order valence-electron chi connectivity index (χ1n) is 5.67. The summed E-state index contributed by atoms with van der Waals surface area (Å²) < 4.78 is 11.5. The summed E-state index contributed by atoms with van der Waals surface area (Å²) in [5.41, 5.74) is 0.769. The first-order chi connectivity index (χ1) is 10.2. The summed E-state index contributed by atoms with van der Waals surface area (Å²) >= 11 is 10.3. The second-order valence-corrected chi connectivity index (χ2v) is 6.10. The van der Waals surface area contributed by atoms with Crippen molar-refractivity contribution in [3.05, 3.63) is 45.6 Å². The van der Waals surface area contributed by atoms with Crippen molar-refractivity contribution in [2.75, 3.05) is 0 Å². The number of nitrogens with zero attached hydrogens (tertiary/aromatic N) is 2. The van der Waals surface area contributed by atoms with Gasteiger partial charge in [0.25, 0.3) is 5.22 Å². The van der Waals surface area contributed by atoms with Crippen LogP contribution in [-0.4, -0.2) is 16.5 Å². The summed E-state index contributed by atoms with van der Waals surface area (Å²) in [6, 6.07) is 8.64. The quantitative estimate of drug-likeness (QED) is 0.606. The summed E-state index contributed by atoms with van der Waals surface area (Å²) in [7, 11) is 0. The molecule has 0 unspecified atom stereocenters. The number of hydrogen-bond donors (Lipinski definition) is 0. The van der Waals surface area contributed by atoms with Crippen LogP contribution in [0.15, 0.2) is 54.0 Å². The monoisotopic (exact) mass is 384 g/mol. The highest BCUT2D eigenvalue weighted by Gasteiger charge is 2.15. The highest BCUT2D eigenvalue weighted by atomic mass is 79.9. The Kier molecular flexibility index (Phi) is 4.14. The fourth-order valence-electron chi connectivity index (χ4n) is 1.54. The van der Waals surface area contributed by atoms with Gasteiger partial charge >= 0.3 is 0 Å². The molecule has 5 nitrogen and oxygen atoms in total. The van der Waals surface area contributed by atoms with Crippen molar-refractivity contribution in [2.24, 2.45) is 0 Å². The zero-order chi connectivity index (χ0) is 14.8. The van der Waals surface area contributed by atoms with Crippen molar-refractivity contribution < 1.29 is 13.6 Å². The van der Waals surface area contributed by atoms with E-state index in [0.29, 0.717) is 32.0 Å². The van der Waals surface area contributed by atoms with E-state index in [0.717, 1.165) is 17.3 Å². The lowest BCUT2D eigenvalue weighted by molar-refractivity contribution is 0.109. The van der Waals surface area contributed by atoms with Gasteiger partial charge in [0, 0.05) is 28.4 Å². The van der Waals surface area contributed by atoms with Gasteiger partial charge in [-0.2, -0.15) is 0 Å². The van der Waals surface area contributed by atoms with Crippen molar-refractivity contribution in [3.63, 3.8) is 0 Å². The molecule has 0 spiro atoms. The number of halogens is 2. The van der Waals surface area contributed by atoms with E-state index in [-0.39, 0.29) is 5.76 Å². The Bertz CT molecular complexity index is 785. The van der Waals surface area contributed by atoms with Crippen LogP contribution in [0.1, 0.15) is 10.6 Å². The largest absolute Gasteiger partial charge is 0.445 e. The maximum atomic E-state index is 10.7. The third-order valence-electron chi connectivity index (χ3n) is 2.47. The van der Waals surface area contributed by atoms with E-state index < -0.39 is 0 Å². The predicted molar refractivity (Wildman–Crippen MR) is 80.7 cm³/mol. The first kappa shape index (κ1) is 14.4. The number of aldehydes is 1. The molecule has 0 amide bonds. The van der Waals surface area contributed by atoms with Gasteiger partial charge < -0.3 is 8.83 Å². The van der Waals surface area contributed by atoms with Crippen LogP contribution in [0.5, 0.6) is 0 Å². The van der Waals surface area contributed by atoms with Crippen LogP contribution < -0.4 is 0 Å². The Labute approximate surface area is 136 Å². The molecule has 0 N–H and O–H groups in total. The van der Waals surface area contributed by atoms with Gasteiger partial charge in [-0.05, 0) is 40.2 Å². The highest BCUT2D eigenvalue weighted by molar-refractivity contribution is 9.10. The van der Waals surface area contributed by atoms with Crippen LogP contribution in [0.3, 0.4) is 0 Å². The SMILES string of the molecule is O=Cc1cc(Br)c(Sc2nnc(-c3ccc(Cl)cc3)o2)o1. The Hall–Kier alpha value is -1.57. The van der Waals surface area contributed by atoms with Gasteiger partial charge in [-0.1, -0.05) is 11.6 Å². The second kappa shape index (κ2) is 6.05. The average Bonchev–Trinajstić information content (AvgIpc) is 3.08. The molecule has 0 fully saturated rings. The number of furan rings is 1. The zero-order valence-electron chi connectivity index (χ0n) is 10.2. The normalized spacial score (nSPS) is 10.8. The van der Waals surface area contributed by atoms with E-state index in [9.17, 15) is 4.79 Å². The molecule has 0 aliphatic heterocycles. The molecule has 0 bridgehead atoms. The Morgan fingerprint density at radius 3 is 2.62 bits per heavy atom. The van der Waals surface area contributed by atoms with Gasteiger partial charge in [-0.15, -0.1) is 10.2 Å². The van der Waals surface area contributed by atoms with E-state index in [2.05, 4.69) is 26.1 Å². The van der Waals surface area contributed by atoms with Crippen LogP contribution >= 0.6 is 39.3 Å². The summed E-state index contributed by atoms with van der Waals surface area (Å²) in [6.45, 7) is 0. The van der Waals surface area contributed by atoms with Gasteiger partial charge in [-0.25, -0.2) is 0 Å².